The number of nitrogens with zero attached hydrogens (tertiary/aromatic N) is 1. The maximum atomic E-state index is 14.3. The van der Waals surface area contributed by atoms with Crippen LogP contribution in [0.15, 0.2) is 36.4 Å². The molecule has 5 rings (SSSR count). The number of halogens is 3. The average molecular weight is 516 g/mol. The lowest BCUT2D eigenvalue weighted by atomic mass is 9.70. The molecule has 8 heteroatoms. The number of benzene rings is 2. The van der Waals surface area contributed by atoms with E-state index < -0.39 is 11.6 Å². The highest BCUT2D eigenvalue weighted by Crippen LogP contribution is 2.48. The third-order valence-electron chi connectivity index (χ3n) is 6.82. The standard InChI is InChI=1S/C20H19F3N2.C7H11NO2.C2H6/c1-24-10-11-6-13(7-11)18-16-8-15(22)9-17(23)20(16)25-19(18)12-2-4-14(21)5-3-12;9-6-2-5-8-4-1-3-7(8)10;1-2/h2-5,8-9,11,13,24-25H,6-7,10H2,1H3;6H,1-5H2;1-2H3. The lowest BCUT2D eigenvalue weighted by Gasteiger charge is -2.36. The lowest BCUT2D eigenvalue weighted by Crippen LogP contribution is -2.30. The maximum Gasteiger partial charge on any atom is 0.222 e. The van der Waals surface area contributed by atoms with Gasteiger partial charge >= 0.3 is 0 Å². The van der Waals surface area contributed by atoms with Crippen LogP contribution in [0.2, 0.25) is 0 Å². The molecule has 1 aliphatic carbocycles. The fraction of sp³-hybridized carbons (Fsp3) is 0.448. The molecule has 5 nitrogen and oxygen atoms in total. The van der Waals surface area contributed by atoms with Crippen molar-refractivity contribution in [1.82, 2.24) is 15.2 Å². The number of aromatic nitrogens is 1. The Hall–Kier alpha value is -3.13. The van der Waals surface area contributed by atoms with E-state index in [9.17, 15) is 22.8 Å². The molecule has 1 amide bonds. The van der Waals surface area contributed by atoms with Gasteiger partial charge in [0, 0.05) is 37.4 Å². The summed E-state index contributed by atoms with van der Waals surface area (Å²) in [5.41, 5.74) is 2.79. The zero-order chi connectivity index (χ0) is 26.9. The van der Waals surface area contributed by atoms with E-state index >= 15 is 0 Å². The average Bonchev–Trinajstić information content (AvgIpc) is 3.45. The molecular formula is C29H36F3N3O2. The Morgan fingerprint density at radius 3 is 2.38 bits per heavy atom. The number of rotatable bonds is 7. The van der Waals surface area contributed by atoms with Crippen LogP contribution < -0.4 is 5.32 Å². The van der Waals surface area contributed by atoms with Crippen LogP contribution in [0.5, 0.6) is 0 Å². The molecule has 1 aromatic heterocycles. The van der Waals surface area contributed by atoms with E-state index in [0.29, 0.717) is 36.2 Å². The number of amides is 1. The van der Waals surface area contributed by atoms with Gasteiger partial charge in [0.05, 0.1) is 11.2 Å². The normalized spacial score (nSPS) is 18.5. The summed E-state index contributed by atoms with van der Waals surface area (Å²) in [5.74, 6) is -0.497. The zero-order valence-electron chi connectivity index (χ0n) is 21.8. The van der Waals surface area contributed by atoms with Crippen LogP contribution in [-0.4, -0.2) is 48.8 Å². The van der Waals surface area contributed by atoms with Crippen LogP contribution in [0.3, 0.4) is 0 Å². The summed E-state index contributed by atoms with van der Waals surface area (Å²) in [6.45, 7) is 6.39. The second kappa shape index (κ2) is 13.4. The number of nitrogens with one attached hydrogen (secondary N) is 2. The van der Waals surface area contributed by atoms with Crippen molar-refractivity contribution in [1.29, 1.82) is 0 Å². The fourth-order valence-corrected chi connectivity index (χ4v) is 5.08. The number of carbonyl (C=O) groups excluding carboxylic acids is 2. The molecular weight excluding hydrogens is 479 g/mol. The fourth-order valence-electron chi connectivity index (χ4n) is 5.08. The molecule has 0 spiro atoms. The van der Waals surface area contributed by atoms with E-state index in [4.69, 9.17) is 0 Å². The molecule has 37 heavy (non-hydrogen) atoms. The van der Waals surface area contributed by atoms with Crippen molar-refractivity contribution in [2.24, 2.45) is 5.92 Å². The molecule has 200 valence electrons. The topological polar surface area (TPSA) is 65.2 Å². The third kappa shape index (κ3) is 6.80. The minimum atomic E-state index is -0.601. The first kappa shape index (κ1) is 28.4. The predicted octanol–water partition coefficient (Wildman–Crippen LogP) is 6.19. The van der Waals surface area contributed by atoms with Crippen molar-refractivity contribution in [2.45, 2.75) is 51.9 Å². The molecule has 0 bridgehead atoms. The summed E-state index contributed by atoms with van der Waals surface area (Å²) >= 11 is 0. The Bertz CT molecular complexity index is 1190. The van der Waals surface area contributed by atoms with Crippen molar-refractivity contribution in [3.8, 4) is 11.3 Å². The zero-order valence-corrected chi connectivity index (χ0v) is 21.8. The molecule has 1 saturated carbocycles. The first-order valence-electron chi connectivity index (χ1n) is 13.0. The van der Waals surface area contributed by atoms with Gasteiger partial charge in [0.1, 0.15) is 23.7 Å². The van der Waals surface area contributed by atoms with Crippen LogP contribution >= 0.6 is 0 Å². The Labute approximate surface area is 216 Å². The van der Waals surface area contributed by atoms with E-state index in [1.165, 1.54) is 18.2 Å². The van der Waals surface area contributed by atoms with Crippen molar-refractivity contribution >= 4 is 23.1 Å². The van der Waals surface area contributed by atoms with Gasteiger partial charge in [-0.2, -0.15) is 0 Å². The summed E-state index contributed by atoms with van der Waals surface area (Å²) in [6, 6.07) is 8.38. The highest BCUT2D eigenvalue weighted by atomic mass is 19.1. The molecule has 2 aliphatic rings. The third-order valence-corrected chi connectivity index (χ3v) is 6.82. The van der Waals surface area contributed by atoms with Gasteiger partial charge in [0.2, 0.25) is 5.91 Å². The van der Waals surface area contributed by atoms with Crippen LogP contribution in [0.4, 0.5) is 13.2 Å². The number of aromatic amines is 1. The molecule has 2 fully saturated rings. The van der Waals surface area contributed by atoms with E-state index in [1.54, 1.807) is 17.0 Å². The predicted molar refractivity (Wildman–Crippen MR) is 141 cm³/mol. The van der Waals surface area contributed by atoms with E-state index in [-0.39, 0.29) is 17.6 Å². The van der Waals surface area contributed by atoms with E-state index in [2.05, 4.69) is 10.3 Å². The summed E-state index contributed by atoms with van der Waals surface area (Å²) in [6.07, 6.45) is 4.90. The van der Waals surface area contributed by atoms with Crippen molar-refractivity contribution in [3.05, 3.63) is 59.4 Å². The Morgan fingerprint density at radius 1 is 1.08 bits per heavy atom. The molecule has 2 aromatic carbocycles. The SMILES string of the molecule is CC.CNCC1CC(c2c(-c3ccc(F)cc3)[nH]c3c(F)cc(F)cc23)C1.O=CCCN1CCCC1=O. The molecule has 0 atom stereocenters. The van der Waals surface area contributed by atoms with Gasteiger partial charge in [0.15, 0.2) is 0 Å². The van der Waals surface area contributed by atoms with Gasteiger partial charge < -0.3 is 20.0 Å². The molecule has 3 aromatic rings. The summed E-state index contributed by atoms with van der Waals surface area (Å²) in [7, 11) is 1.92. The minimum Gasteiger partial charge on any atom is -0.352 e. The Morgan fingerprint density at radius 2 is 1.78 bits per heavy atom. The molecule has 2 heterocycles. The monoisotopic (exact) mass is 515 g/mol. The van der Waals surface area contributed by atoms with Crippen LogP contribution in [0.1, 0.15) is 57.4 Å². The summed E-state index contributed by atoms with van der Waals surface area (Å²) in [5, 5.41) is 3.76. The molecule has 2 N–H and O–H groups in total. The second-order valence-electron chi connectivity index (χ2n) is 9.26. The van der Waals surface area contributed by atoms with Gasteiger partial charge in [-0.1, -0.05) is 13.8 Å². The minimum absolute atomic E-state index is 0.196. The Balaban J connectivity index is 0.000000266. The molecule has 0 unspecified atom stereocenters. The maximum absolute atomic E-state index is 14.3. The molecule has 1 aliphatic heterocycles. The number of hydrogen-bond acceptors (Lipinski definition) is 3. The summed E-state index contributed by atoms with van der Waals surface area (Å²) < 4.78 is 41.3. The van der Waals surface area contributed by atoms with Gasteiger partial charge in [-0.25, -0.2) is 13.2 Å². The van der Waals surface area contributed by atoms with Crippen LogP contribution in [0, 0.1) is 23.4 Å². The Kier molecular flexibility index (Phi) is 10.3. The van der Waals surface area contributed by atoms with Crippen LogP contribution in [0.25, 0.3) is 22.2 Å². The highest BCUT2D eigenvalue weighted by Gasteiger charge is 2.34. The van der Waals surface area contributed by atoms with Crippen molar-refractivity contribution < 1.29 is 22.8 Å². The number of aldehydes is 1. The van der Waals surface area contributed by atoms with Gasteiger partial charge in [0.25, 0.3) is 0 Å². The van der Waals surface area contributed by atoms with Crippen molar-refractivity contribution in [3.63, 3.8) is 0 Å². The van der Waals surface area contributed by atoms with Crippen LogP contribution in [-0.2, 0) is 9.59 Å². The number of H-pyrrole nitrogens is 1. The number of carbonyl (C=O) groups is 2. The number of fused-ring (bicyclic) bond motifs is 1. The summed E-state index contributed by atoms with van der Waals surface area (Å²) in [4.78, 5) is 25.7. The first-order valence-corrected chi connectivity index (χ1v) is 13.0. The van der Waals surface area contributed by atoms with E-state index in [1.807, 2.05) is 20.9 Å². The molecule has 1 saturated heterocycles. The smallest absolute Gasteiger partial charge is 0.222 e. The largest absolute Gasteiger partial charge is 0.352 e. The van der Waals surface area contributed by atoms with Gasteiger partial charge in [-0.3, -0.25) is 4.79 Å². The number of hydrogen-bond donors (Lipinski definition) is 2. The number of likely N-dealkylation sites (tertiary alicyclic amines) is 1. The molecule has 0 radical (unpaired) electrons. The van der Waals surface area contributed by atoms with Gasteiger partial charge in [-0.05, 0) is 86.1 Å². The highest BCUT2D eigenvalue weighted by molar-refractivity contribution is 5.92. The second-order valence-corrected chi connectivity index (χ2v) is 9.26. The van der Waals surface area contributed by atoms with E-state index in [0.717, 1.165) is 61.5 Å². The van der Waals surface area contributed by atoms with Gasteiger partial charge in [-0.15, -0.1) is 0 Å². The first-order chi connectivity index (χ1) is 17.9. The quantitative estimate of drug-likeness (QED) is 0.369. The van der Waals surface area contributed by atoms with Crippen molar-refractivity contribution in [2.75, 3.05) is 26.7 Å². The lowest BCUT2D eigenvalue weighted by molar-refractivity contribution is -0.127.